The zero-order valence-electron chi connectivity index (χ0n) is 19.5. The summed E-state index contributed by atoms with van der Waals surface area (Å²) >= 11 is 0. The van der Waals surface area contributed by atoms with Crippen molar-refractivity contribution in [2.24, 2.45) is 4.99 Å². The fourth-order valence-corrected chi connectivity index (χ4v) is 3.61. The van der Waals surface area contributed by atoms with E-state index in [4.69, 9.17) is 9.73 Å². The zero-order chi connectivity index (χ0) is 21.8. The van der Waals surface area contributed by atoms with Crippen LogP contribution in [-0.2, 0) is 11.3 Å². The highest BCUT2D eigenvalue weighted by Crippen LogP contribution is 2.19. The molecule has 8 heteroatoms. The predicted molar refractivity (Wildman–Crippen MR) is 138 cm³/mol. The van der Waals surface area contributed by atoms with E-state index in [9.17, 15) is 4.79 Å². The molecule has 1 atom stereocenters. The van der Waals surface area contributed by atoms with E-state index in [1.165, 1.54) is 0 Å². The number of likely N-dealkylation sites (tertiary alicyclic amines) is 1. The van der Waals surface area contributed by atoms with Crippen LogP contribution in [0.3, 0.4) is 0 Å². The number of nitrogens with one attached hydrogen (secondary N) is 2. The number of ether oxygens (including phenoxy) is 1. The molecular weight excluding hydrogens is 505 g/mol. The Morgan fingerprint density at radius 2 is 1.97 bits per heavy atom. The Kier molecular flexibility index (Phi) is 13.6. The summed E-state index contributed by atoms with van der Waals surface area (Å²) in [5, 5.41) is 6.80. The number of hydrogen-bond donors (Lipinski definition) is 2. The lowest BCUT2D eigenvalue weighted by Crippen LogP contribution is -2.45. The summed E-state index contributed by atoms with van der Waals surface area (Å²) in [6.45, 7) is 14.9. The van der Waals surface area contributed by atoms with Crippen molar-refractivity contribution >= 4 is 35.8 Å². The summed E-state index contributed by atoms with van der Waals surface area (Å²) in [5.41, 5.74) is 1.07. The Hall–Kier alpha value is -1.55. The minimum atomic E-state index is 0. The van der Waals surface area contributed by atoms with Gasteiger partial charge >= 0.3 is 0 Å². The first-order chi connectivity index (χ1) is 14.6. The van der Waals surface area contributed by atoms with Gasteiger partial charge in [0, 0.05) is 44.2 Å². The van der Waals surface area contributed by atoms with Crippen molar-refractivity contribution in [2.45, 2.75) is 53.1 Å². The Morgan fingerprint density at radius 1 is 1.23 bits per heavy atom. The SMILES string of the molecule is CCNC(=NCc1ccccc1OCCN(CC)CC)NC1CCN(C(=O)CC)C1.I. The molecule has 1 aliphatic rings. The molecule has 2 rings (SSSR count). The number of likely N-dealkylation sites (N-methyl/N-ethyl adjacent to an activating group) is 1. The molecule has 0 aromatic heterocycles. The van der Waals surface area contributed by atoms with Crippen molar-refractivity contribution in [3.05, 3.63) is 29.8 Å². The first-order valence-corrected chi connectivity index (χ1v) is 11.4. The van der Waals surface area contributed by atoms with Gasteiger partial charge in [0.1, 0.15) is 12.4 Å². The van der Waals surface area contributed by atoms with Gasteiger partial charge in [-0.15, -0.1) is 24.0 Å². The molecular formula is C23H40IN5O2. The molecule has 2 N–H and O–H groups in total. The number of benzene rings is 1. The van der Waals surface area contributed by atoms with Crippen LogP contribution in [0.1, 0.15) is 46.1 Å². The highest BCUT2D eigenvalue weighted by molar-refractivity contribution is 14.0. The van der Waals surface area contributed by atoms with Crippen LogP contribution in [0.25, 0.3) is 0 Å². The Balaban J connectivity index is 0.00000480. The normalized spacial score (nSPS) is 16.2. The second kappa shape index (κ2) is 15.3. The van der Waals surface area contributed by atoms with E-state index in [-0.39, 0.29) is 35.9 Å². The van der Waals surface area contributed by atoms with Crippen LogP contribution in [0.5, 0.6) is 5.75 Å². The second-order valence-electron chi connectivity index (χ2n) is 7.50. The van der Waals surface area contributed by atoms with E-state index in [2.05, 4.69) is 42.4 Å². The van der Waals surface area contributed by atoms with Crippen LogP contribution in [-0.4, -0.2) is 73.6 Å². The number of rotatable bonds is 11. The van der Waals surface area contributed by atoms with Crippen LogP contribution in [0.15, 0.2) is 29.3 Å². The van der Waals surface area contributed by atoms with Crippen LogP contribution in [0.4, 0.5) is 0 Å². The van der Waals surface area contributed by atoms with Gasteiger partial charge in [0.25, 0.3) is 0 Å². The third-order valence-electron chi connectivity index (χ3n) is 5.47. The van der Waals surface area contributed by atoms with Crippen LogP contribution in [0.2, 0.25) is 0 Å². The van der Waals surface area contributed by atoms with Gasteiger partial charge < -0.3 is 25.2 Å². The van der Waals surface area contributed by atoms with Gasteiger partial charge in [0.15, 0.2) is 5.96 Å². The molecule has 1 unspecified atom stereocenters. The summed E-state index contributed by atoms with van der Waals surface area (Å²) in [6, 6.07) is 8.34. The highest BCUT2D eigenvalue weighted by Gasteiger charge is 2.25. The second-order valence-corrected chi connectivity index (χ2v) is 7.50. The lowest BCUT2D eigenvalue weighted by molar-refractivity contribution is -0.129. The fraction of sp³-hybridized carbons (Fsp3) is 0.652. The van der Waals surface area contributed by atoms with Crippen LogP contribution < -0.4 is 15.4 Å². The first kappa shape index (κ1) is 27.5. The average molecular weight is 546 g/mol. The predicted octanol–water partition coefficient (Wildman–Crippen LogP) is 3.09. The van der Waals surface area contributed by atoms with E-state index in [1.54, 1.807) is 0 Å². The summed E-state index contributed by atoms with van der Waals surface area (Å²) in [4.78, 5) is 21.0. The molecule has 0 spiro atoms. The molecule has 1 saturated heterocycles. The number of para-hydroxylation sites is 1. The summed E-state index contributed by atoms with van der Waals surface area (Å²) in [5.74, 6) is 1.90. The molecule has 31 heavy (non-hydrogen) atoms. The van der Waals surface area contributed by atoms with Crippen molar-refractivity contribution in [2.75, 3.05) is 45.9 Å². The maximum atomic E-state index is 11.9. The summed E-state index contributed by atoms with van der Waals surface area (Å²) in [6.07, 6.45) is 1.51. The van der Waals surface area contributed by atoms with Crippen molar-refractivity contribution in [3.63, 3.8) is 0 Å². The topological polar surface area (TPSA) is 69.2 Å². The molecule has 0 aliphatic carbocycles. The van der Waals surface area contributed by atoms with Crippen molar-refractivity contribution in [1.29, 1.82) is 0 Å². The highest BCUT2D eigenvalue weighted by atomic mass is 127. The summed E-state index contributed by atoms with van der Waals surface area (Å²) in [7, 11) is 0. The van der Waals surface area contributed by atoms with E-state index in [1.807, 2.05) is 30.0 Å². The Labute approximate surface area is 205 Å². The lowest BCUT2D eigenvalue weighted by atomic mass is 10.2. The third kappa shape index (κ3) is 9.22. The number of hydrogen-bond acceptors (Lipinski definition) is 4. The molecule has 1 fully saturated rings. The van der Waals surface area contributed by atoms with Crippen LogP contribution in [0, 0.1) is 0 Å². The molecule has 1 heterocycles. The van der Waals surface area contributed by atoms with Gasteiger partial charge in [-0.2, -0.15) is 0 Å². The summed E-state index contributed by atoms with van der Waals surface area (Å²) < 4.78 is 6.05. The monoisotopic (exact) mass is 545 g/mol. The smallest absolute Gasteiger partial charge is 0.222 e. The van der Waals surface area contributed by atoms with Gasteiger partial charge in [-0.1, -0.05) is 39.0 Å². The number of guanidine groups is 1. The number of amides is 1. The van der Waals surface area contributed by atoms with Gasteiger partial charge in [-0.25, -0.2) is 4.99 Å². The van der Waals surface area contributed by atoms with E-state index in [0.717, 1.165) is 63.0 Å². The van der Waals surface area contributed by atoms with Gasteiger partial charge in [0.05, 0.1) is 6.54 Å². The molecule has 0 bridgehead atoms. The largest absolute Gasteiger partial charge is 0.492 e. The number of aliphatic imine (C=N–C) groups is 1. The number of halogens is 1. The van der Waals surface area contributed by atoms with Gasteiger partial charge in [0.2, 0.25) is 5.91 Å². The molecule has 1 aromatic carbocycles. The Bertz CT molecular complexity index is 682. The number of carbonyl (C=O) groups excluding carboxylic acids is 1. The maximum absolute atomic E-state index is 11.9. The quantitative estimate of drug-likeness (QED) is 0.254. The van der Waals surface area contributed by atoms with Crippen LogP contribution >= 0.6 is 24.0 Å². The minimum Gasteiger partial charge on any atom is -0.492 e. The molecule has 7 nitrogen and oxygen atoms in total. The van der Waals surface area contributed by atoms with Crippen molar-refractivity contribution in [1.82, 2.24) is 20.4 Å². The molecule has 0 saturated carbocycles. The standard InChI is InChI=1S/C23H39N5O2.HI/c1-5-22(29)28-14-13-20(18-28)26-23(24-6-2)25-17-19-11-9-10-12-21(19)30-16-15-27(7-3)8-4;/h9-12,20H,5-8,13-18H2,1-4H3,(H2,24,25,26);1H. The molecule has 176 valence electrons. The third-order valence-corrected chi connectivity index (χ3v) is 5.47. The minimum absolute atomic E-state index is 0. The average Bonchev–Trinajstić information content (AvgIpc) is 3.24. The van der Waals surface area contributed by atoms with E-state index < -0.39 is 0 Å². The van der Waals surface area contributed by atoms with Crippen molar-refractivity contribution < 1.29 is 9.53 Å². The number of carbonyl (C=O) groups is 1. The Morgan fingerprint density at radius 3 is 2.65 bits per heavy atom. The van der Waals surface area contributed by atoms with E-state index in [0.29, 0.717) is 19.6 Å². The first-order valence-electron chi connectivity index (χ1n) is 11.4. The lowest BCUT2D eigenvalue weighted by Gasteiger charge is -2.19. The van der Waals surface area contributed by atoms with E-state index >= 15 is 0 Å². The van der Waals surface area contributed by atoms with Gasteiger partial charge in [-0.05, 0) is 32.5 Å². The van der Waals surface area contributed by atoms with Crippen molar-refractivity contribution in [3.8, 4) is 5.75 Å². The maximum Gasteiger partial charge on any atom is 0.222 e. The zero-order valence-corrected chi connectivity index (χ0v) is 21.9. The number of nitrogens with zero attached hydrogens (tertiary/aromatic N) is 3. The molecule has 1 aliphatic heterocycles. The van der Waals surface area contributed by atoms with Gasteiger partial charge in [-0.3, -0.25) is 4.79 Å². The molecule has 0 radical (unpaired) electrons. The molecule has 1 aromatic rings. The molecule has 1 amide bonds. The fourth-order valence-electron chi connectivity index (χ4n) is 3.61.